The van der Waals surface area contributed by atoms with Crippen LogP contribution in [-0.2, 0) is 13.1 Å². The number of rotatable bonds is 7. The fourth-order valence-corrected chi connectivity index (χ4v) is 5.10. The molecule has 0 aliphatic carbocycles. The second-order valence-corrected chi connectivity index (χ2v) is 9.76. The van der Waals surface area contributed by atoms with Gasteiger partial charge < -0.3 is 15.2 Å². The number of benzene rings is 3. The highest BCUT2D eigenvalue weighted by atomic mass is 32.1. The fourth-order valence-electron chi connectivity index (χ4n) is 4.94. The number of nitrogens with zero attached hydrogens (tertiary/aromatic N) is 4. The minimum Gasteiger partial charge on any atom is -0.497 e. The van der Waals surface area contributed by atoms with Crippen molar-refractivity contribution in [2.75, 3.05) is 25.5 Å². The molecule has 2 heterocycles. The van der Waals surface area contributed by atoms with Crippen LogP contribution in [0.1, 0.15) is 18.4 Å². The van der Waals surface area contributed by atoms with Crippen LogP contribution in [-0.4, -0.2) is 39.9 Å². The maximum atomic E-state index is 11.2. The average Bonchev–Trinajstić information content (AvgIpc) is 3.19. The summed E-state index contributed by atoms with van der Waals surface area (Å²) in [6.07, 6.45) is 3.41. The Kier molecular flexibility index (Phi) is 7.77. The van der Waals surface area contributed by atoms with Gasteiger partial charge in [-0.1, -0.05) is 54.6 Å². The lowest BCUT2D eigenvalue weighted by Crippen LogP contribution is -2.35. The molecule has 3 aromatic carbocycles. The molecule has 8 heteroatoms. The predicted molar refractivity (Wildman–Crippen MR) is 152 cm³/mol. The van der Waals surface area contributed by atoms with Gasteiger partial charge in [-0.05, 0) is 61.2 Å². The number of fused-ring (bicyclic) bond motifs is 1. The van der Waals surface area contributed by atoms with Crippen LogP contribution in [0.2, 0.25) is 0 Å². The smallest absolute Gasteiger partial charge is 0.221 e. The van der Waals surface area contributed by atoms with Gasteiger partial charge in [-0.3, -0.25) is 9.47 Å². The molecule has 0 bridgehead atoms. The van der Waals surface area contributed by atoms with Gasteiger partial charge in [0.05, 0.1) is 19.3 Å². The lowest BCUT2D eigenvalue weighted by atomic mass is 9.90. The van der Waals surface area contributed by atoms with Crippen LogP contribution in [0.3, 0.4) is 0 Å². The summed E-state index contributed by atoms with van der Waals surface area (Å²) in [6.45, 7) is 2.59. The van der Waals surface area contributed by atoms with E-state index in [2.05, 4.69) is 50.8 Å². The SMILES string of the molecule is COc1cccc(NC(=S)N=Nc2c(O)n(CN3CCC(Cc4ccccc4)CC3)c3ccccc23)c1. The summed E-state index contributed by atoms with van der Waals surface area (Å²) >= 11 is 5.37. The first-order chi connectivity index (χ1) is 18.1. The van der Waals surface area contributed by atoms with E-state index in [0.29, 0.717) is 18.3 Å². The lowest BCUT2D eigenvalue weighted by molar-refractivity contribution is 0.145. The molecule has 1 aliphatic rings. The number of likely N-dealkylation sites (tertiary alicyclic amines) is 1. The van der Waals surface area contributed by atoms with E-state index in [0.717, 1.165) is 54.7 Å². The zero-order valence-electron chi connectivity index (χ0n) is 20.9. The maximum Gasteiger partial charge on any atom is 0.221 e. The van der Waals surface area contributed by atoms with Gasteiger partial charge in [0.2, 0.25) is 11.0 Å². The first-order valence-corrected chi connectivity index (χ1v) is 12.9. The molecule has 190 valence electrons. The van der Waals surface area contributed by atoms with Crippen molar-refractivity contribution < 1.29 is 9.84 Å². The van der Waals surface area contributed by atoms with Crippen LogP contribution < -0.4 is 10.1 Å². The standard InChI is InChI=1S/C29H31N5O2S/c1-36-24-11-7-10-23(19-24)30-29(37)32-31-27-25-12-5-6-13-26(25)34(28(27)35)20-33-16-14-22(15-17-33)18-21-8-3-2-4-9-21/h2-13,19,22,35H,14-18,20H2,1H3,(H,30,37). The molecule has 0 saturated carbocycles. The van der Waals surface area contributed by atoms with Gasteiger partial charge in [0.15, 0.2) is 5.69 Å². The Morgan fingerprint density at radius 3 is 2.57 bits per heavy atom. The van der Waals surface area contributed by atoms with Gasteiger partial charge in [0.25, 0.3) is 0 Å². The van der Waals surface area contributed by atoms with Crippen molar-refractivity contribution in [2.45, 2.75) is 25.9 Å². The van der Waals surface area contributed by atoms with Crippen molar-refractivity contribution in [3.05, 3.63) is 84.4 Å². The van der Waals surface area contributed by atoms with Gasteiger partial charge >= 0.3 is 0 Å². The van der Waals surface area contributed by atoms with Crippen LogP contribution in [0, 0.1) is 5.92 Å². The number of hydrogen-bond donors (Lipinski definition) is 2. The summed E-state index contributed by atoms with van der Waals surface area (Å²) in [5, 5.41) is 23.8. The number of hydrogen-bond acceptors (Lipinski definition) is 5. The molecule has 1 fully saturated rings. The van der Waals surface area contributed by atoms with Crippen LogP contribution in [0.4, 0.5) is 11.4 Å². The molecule has 1 aliphatic heterocycles. The number of piperidine rings is 1. The van der Waals surface area contributed by atoms with Gasteiger partial charge in [-0.15, -0.1) is 10.2 Å². The number of aromatic hydroxyl groups is 1. The van der Waals surface area contributed by atoms with Crippen molar-refractivity contribution in [1.29, 1.82) is 0 Å². The van der Waals surface area contributed by atoms with E-state index in [1.165, 1.54) is 5.56 Å². The Labute approximate surface area is 222 Å². The summed E-state index contributed by atoms with van der Waals surface area (Å²) in [4.78, 5) is 2.39. The minimum absolute atomic E-state index is 0.0977. The number of anilines is 1. The van der Waals surface area contributed by atoms with Gasteiger partial charge in [-0.25, -0.2) is 0 Å². The molecule has 4 aromatic rings. The number of nitrogens with one attached hydrogen (secondary N) is 1. The molecule has 0 spiro atoms. The predicted octanol–water partition coefficient (Wildman–Crippen LogP) is 6.75. The normalized spacial score (nSPS) is 14.8. The van der Waals surface area contributed by atoms with E-state index in [-0.39, 0.29) is 11.0 Å². The molecule has 0 atom stereocenters. The molecule has 7 nitrogen and oxygen atoms in total. The number of azo groups is 1. The third-order valence-corrected chi connectivity index (χ3v) is 7.08. The Morgan fingerprint density at radius 1 is 1.03 bits per heavy atom. The number of thiocarbonyl (C=S) groups is 1. The van der Waals surface area contributed by atoms with Crippen LogP contribution in [0.5, 0.6) is 11.6 Å². The largest absolute Gasteiger partial charge is 0.497 e. The van der Waals surface area contributed by atoms with E-state index in [9.17, 15) is 5.11 Å². The zero-order chi connectivity index (χ0) is 25.6. The van der Waals surface area contributed by atoms with Crippen molar-refractivity contribution in [1.82, 2.24) is 9.47 Å². The molecule has 0 unspecified atom stereocenters. The molecule has 0 amide bonds. The summed E-state index contributed by atoms with van der Waals surface area (Å²) < 4.78 is 7.17. The summed E-state index contributed by atoms with van der Waals surface area (Å²) in [5.74, 6) is 1.51. The highest BCUT2D eigenvalue weighted by molar-refractivity contribution is 7.80. The Morgan fingerprint density at radius 2 is 1.78 bits per heavy atom. The molecule has 0 radical (unpaired) electrons. The average molecular weight is 514 g/mol. The highest BCUT2D eigenvalue weighted by Crippen LogP contribution is 2.39. The maximum absolute atomic E-state index is 11.2. The lowest BCUT2D eigenvalue weighted by Gasteiger charge is -2.32. The molecule has 5 rings (SSSR count). The first-order valence-electron chi connectivity index (χ1n) is 12.5. The van der Waals surface area contributed by atoms with E-state index in [1.54, 1.807) is 7.11 Å². The molecule has 37 heavy (non-hydrogen) atoms. The number of ether oxygens (including phenoxy) is 1. The van der Waals surface area contributed by atoms with E-state index in [4.69, 9.17) is 17.0 Å². The second kappa shape index (κ2) is 11.5. The van der Waals surface area contributed by atoms with E-state index >= 15 is 0 Å². The van der Waals surface area contributed by atoms with Crippen molar-refractivity contribution >= 4 is 39.6 Å². The summed E-state index contributed by atoms with van der Waals surface area (Å²) in [5.41, 5.74) is 3.51. The number of aromatic nitrogens is 1. The van der Waals surface area contributed by atoms with Crippen LogP contribution >= 0.6 is 12.2 Å². The van der Waals surface area contributed by atoms with Crippen molar-refractivity contribution in [3.63, 3.8) is 0 Å². The number of methoxy groups -OCH3 is 1. The van der Waals surface area contributed by atoms with E-state index in [1.807, 2.05) is 53.1 Å². The quantitative estimate of drug-likeness (QED) is 0.211. The Balaban J connectivity index is 1.27. The Bertz CT molecular complexity index is 1390. The first kappa shape index (κ1) is 24.9. The van der Waals surface area contributed by atoms with Gasteiger partial charge in [0, 0.05) is 30.2 Å². The van der Waals surface area contributed by atoms with Crippen molar-refractivity contribution in [3.8, 4) is 11.6 Å². The molecule has 1 aromatic heterocycles. The summed E-state index contributed by atoms with van der Waals surface area (Å²) in [6, 6.07) is 26.0. The molecular weight excluding hydrogens is 482 g/mol. The third kappa shape index (κ3) is 5.98. The molecule has 1 saturated heterocycles. The fraction of sp³-hybridized carbons (Fsp3) is 0.276. The zero-order valence-corrected chi connectivity index (χ0v) is 21.7. The second-order valence-electron chi connectivity index (χ2n) is 9.37. The van der Waals surface area contributed by atoms with E-state index < -0.39 is 0 Å². The van der Waals surface area contributed by atoms with Crippen LogP contribution in [0.15, 0.2) is 89.1 Å². The molecule has 2 N–H and O–H groups in total. The topological polar surface area (TPSA) is 74.4 Å². The minimum atomic E-state index is 0.0977. The van der Waals surface area contributed by atoms with Crippen LogP contribution in [0.25, 0.3) is 10.9 Å². The number of para-hydroxylation sites is 1. The highest BCUT2D eigenvalue weighted by Gasteiger charge is 2.23. The van der Waals surface area contributed by atoms with Gasteiger partial charge in [0.1, 0.15) is 5.75 Å². The summed E-state index contributed by atoms with van der Waals surface area (Å²) in [7, 11) is 1.61. The van der Waals surface area contributed by atoms with Crippen molar-refractivity contribution in [2.24, 2.45) is 16.1 Å². The third-order valence-electron chi connectivity index (χ3n) is 6.90. The Hall–Kier alpha value is -3.75. The molecular formula is C29H31N5O2S. The van der Waals surface area contributed by atoms with Gasteiger partial charge in [-0.2, -0.15) is 0 Å². The monoisotopic (exact) mass is 513 g/mol.